The first-order chi connectivity index (χ1) is 10.7. The largest absolute Gasteiger partial charge is 0.347 e. The van der Waals surface area contributed by atoms with E-state index in [1.165, 1.54) is 5.56 Å². The number of nitro groups is 1. The van der Waals surface area contributed by atoms with Crippen molar-refractivity contribution in [1.29, 1.82) is 0 Å². The normalized spacial score (nSPS) is 27.1. The smallest absolute Gasteiger partial charge is 0.314 e. The van der Waals surface area contributed by atoms with Crippen molar-refractivity contribution >= 4 is 0 Å². The Balaban J connectivity index is 1.71. The molecule has 0 N–H and O–H groups in total. The Morgan fingerprint density at radius 2 is 2.05 bits per heavy atom. The Kier molecular flexibility index (Phi) is 3.26. The van der Waals surface area contributed by atoms with Gasteiger partial charge < -0.3 is 14.5 Å². The molecule has 4 rings (SSSR count). The van der Waals surface area contributed by atoms with E-state index in [2.05, 4.69) is 21.9 Å². The fraction of sp³-hybridized carbons (Fsp3) is 0.500. The van der Waals surface area contributed by atoms with Gasteiger partial charge in [0, 0.05) is 19.6 Å². The van der Waals surface area contributed by atoms with Gasteiger partial charge in [0.1, 0.15) is 6.23 Å². The highest BCUT2D eigenvalue weighted by molar-refractivity contribution is 5.22. The first-order valence-electron chi connectivity index (χ1n) is 7.83. The predicted octanol–water partition coefficient (Wildman–Crippen LogP) is 2.16. The Morgan fingerprint density at radius 3 is 2.82 bits per heavy atom. The van der Waals surface area contributed by atoms with Crippen molar-refractivity contribution in [2.45, 2.75) is 38.1 Å². The van der Waals surface area contributed by atoms with Crippen molar-refractivity contribution in [3.63, 3.8) is 0 Å². The Morgan fingerprint density at radius 1 is 1.23 bits per heavy atom. The van der Waals surface area contributed by atoms with Crippen LogP contribution in [0.3, 0.4) is 0 Å². The summed E-state index contributed by atoms with van der Waals surface area (Å²) in [5.41, 5.74) is 1.43. The molecule has 3 aliphatic heterocycles. The van der Waals surface area contributed by atoms with E-state index < -0.39 is 0 Å². The van der Waals surface area contributed by atoms with Crippen LogP contribution in [0.1, 0.15) is 24.8 Å². The average Bonchev–Trinajstić information content (AvgIpc) is 2.92. The zero-order valence-electron chi connectivity index (χ0n) is 12.4. The predicted molar refractivity (Wildman–Crippen MR) is 80.1 cm³/mol. The summed E-state index contributed by atoms with van der Waals surface area (Å²) in [6.45, 7) is 2.33. The van der Waals surface area contributed by atoms with Gasteiger partial charge in [0.2, 0.25) is 0 Å². The number of hydrogen-bond acceptors (Lipinski definition) is 5. The minimum Gasteiger partial charge on any atom is -0.347 e. The molecule has 0 saturated carbocycles. The van der Waals surface area contributed by atoms with Crippen molar-refractivity contribution in [2.75, 3.05) is 13.1 Å². The Bertz CT molecular complexity index is 616. The summed E-state index contributed by atoms with van der Waals surface area (Å²) in [4.78, 5) is 15.6. The molecule has 0 spiro atoms. The summed E-state index contributed by atoms with van der Waals surface area (Å²) in [6, 6.07) is 10.1. The van der Waals surface area contributed by atoms with Crippen LogP contribution in [-0.4, -0.2) is 40.1 Å². The van der Waals surface area contributed by atoms with E-state index in [0.717, 1.165) is 38.2 Å². The van der Waals surface area contributed by atoms with E-state index in [4.69, 9.17) is 4.74 Å². The Hall–Kier alpha value is -2.08. The van der Waals surface area contributed by atoms with Crippen LogP contribution in [0.2, 0.25) is 0 Å². The van der Waals surface area contributed by atoms with Crippen LogP contribution in [0.15, 0.2) is 41.8 Å². The molecule has 2 atom stereocenters. The number of nitrogens with zero attached hydrogens (tertiary/aromatic N) is 3. The highest BCUT2D eigenvalue weighted by atomic mass is 16.6. The molecule has 2 bridgehead atoms. The molecule has 1 aromatic carbocycles. The highest BCUT2D eigenvalue weighted by Crippen LogP contribution is 2.39. The number of rotatable bonds is 3. The van der Waals surface area contributed by atoms with E-state index in [1.807, 2.05) is 18.2 Å². The molecule has 0 unspecified atom stereocenters. The monoisotopic (exact) mass is 301 g/mol. The molecule has 6 heteroatoms. The third kappa shape index (κ3) is 2.14. The molecule has 0 amide bonds. The van der Waals surface area contributed by atoms with Gasteiger partial charge in [-0.2, -0.15) is 0 Å². The van der Waals surface area contributed by atoms with Gasteiger partial charge >= 0.3 is 5.70 Å². The van der Waals surface area contributed by atoms with Crippen LogP contribution < -0.4 is 0 Å². The summed E-state index contributed by atoms with van der Waals surface area (Å²) in [7, 11) is 0. The second kappa shape index (κ2) is 5.28. The quantitative estimate of drug-likeness (QED) is 0.632. The molecule has 0 aromatic heterocycles. The second-order valence-electron chi connectivity index (χ2n) is 6.08. The average molecular weight is 301 g/mol. The van der Waals surface area contributed by atoms with Gasteiger partial charge in [-0.15, -0.1) is 0 Å². The molecular formula is C16H19N3O3. The first kappa shape index (κ1) is 13.6. The van der Waals surface area contributed by atoms with E-state index >= 15 is 0 Å². The van der Waals surface area contributed by atoms with Crippen molar-refractivity contribution in [1.82, 2.24) is 9.80 Å². The third-order valence-electron chi connectivity index (χ3n) is 4.72. The fourth-order valence-corrected chi connectivity index (χ4v) is 3.75. The van der Waals surface area contributed by atoms with Crippen LogP contribution in [0, 0.1) is 10.1 Å². The lowest BCUT2D eigenvalue weighted by atomic mass is 10.0. The lowest BCUT2D eigenvalue weighted by Gasteiger charge is -2.41. The molecule has 22 heavy (non-hydrogen) atoms. The van der Waals surface area contributed by atoms with Gasteiger partial charge in [-0.3, -0.25) is 10.1 Å². The Labute approximate surface area is 129 Å². The molecule has 0 radical (unpaired) electrons. The number of ether oxygens (including phenoxy) is 1. The maximum absolute atomic E-state index is 11.6. The van der Waals surface area contributed by atoms with Gasteiger partial charge in [0.05, 0.1) is 4.92 Å². The minimum absolute atomic E-state index is 0.0122. The lowest BCUT2D eigenvalue weighted by molar-refractivity contribution is -0.448. The van der Waals surface area contributed by atoms with Crippen molar-refractivity contribution in [3.8, 4) is 0 Å². The van der Waals surface area contributed by atoms with Crippen LogP contribution in [0.5, 0.6) is 0 Å². The molecule has 3 aliphatic rings. The molecule has 3 heterocycles. The summed E-state index contributed by atoms with van der Waals surface area (Å²) >= 11 is 0. The number of benzene rings is 1. The fourth-order valence-electron chi connectivity index (χ4n) is 3.75. The standard InChI is InChI=1S/C16H19N3O3/c20-19(21)15-13-7-4-8-14(22-13)18-10-9-17(16(15)18)11-12-5-2-1-3-6-12/h1-3,5-6,13-14H,4,7-11H2/t13-,14+/m0/s1. The molecule has 116 valence electrons. The van der Waals surface area contributed by atoms with Crippen LogP contribution >= 0.6 is 0 Å². The zero-order valence-corrected chi connectivity index (χ0v) is 12.4. The first-order valence-corrected chi connectivity index (χ1v) is 7.83. The molecule has 2 fully saturated rings. The van der Waals surface area contributed by atoms with E-state index in [1.54, 1.807) is 0 Å². The summed E-state index contributed by atoms with van der Waals surface area (Å²) in [5, 5.41) is 11.6. The molecule has 1 aromatic rings. The van der Waals surface area contributed by atoms with E-state index in [-0.39, 0.29) is 23.0 Å². The van der Waals surface area contributed by atoms with E-state index in [9.17, 15) is 10.1 Å². The summed E-state index contributed by atoms with van der Waals surface area (Å²) in [5.74, 6) is 0.787. The van der Waals surface area contributed by atoms with Crippen molar-refractivity contribution < 1.29 is 9.66 Å². The zero-order chi connectivity index (χ0) is 15.1. The van der Waals surface area contributed by atoms with Gasteiger partial charge in [-0.25, -0.2) is 0 Å². The molecule has 0 aliphatic carbocycles. The molecular weight excluding hydrogens is 282 g/mol. The van der Waals surface area contributed by atoms with E-state index in [0.29, 0.717) is 6.54 Å². The van der Waals surface area contributed by atoms with Crippen LogP contribution in [0.4, 0.5) is 0 Å². The van der Waals surface area contributed by atoms with Crippen molar-refractivity contribution in [2.24, 2.45) is 0 Å². The molecule has 2 saturated heterocycles. The summed E-state index contributed by atoms with van der Waals surface area (Å²) < 4.78 is 5.91. The third-order valence-corrected chi connectivity index (χ3v) is 4.72. The molecule has 6 nitrogen and oxygen atoms in total. The highest BCUT2D eigenvalue weighted by Gasteiger charge is 2.48. The SMILES string of the molecule is O=[N+]([O-])C1=C2N(Cc3ccccc3)CCN2[C@H]2CCC[C@@H]1O2. The van der Waals surface area contributed by atoms with Crippen molar-refractivity contribution in [3.05, 3.63) is 57.5 Å². The van der Waals surface area contributed by atoms with Crippen LogP contribution in [0.25, 0.3) is 0 Å². The summed E-state index contributed by atoms with van der Waals surface area (Å²) in [6.07, 6.45) is 2.37. The second-order valence-corrected chi connectivity index (χ2v) is 6.08. The maximum Gasteiger partial charge on any atom is 0.314 e. The van der Waals surface area contributed by atoms with Gasteiger partial charge in [-0.05, 0) is 24.8 Å². The number of hydrogen-bond donors (Lipinski definition) is 0. The lowest BCUT2D eigenvalue weighted by Crippen LogP contribution is -2.48. The maximum atomic E-state index is 11.6. The number of fused-ring (bicyclic) bond motifs is 4. The minimum atomic E-state index is -0.351. The van der Waals surface area contributed by atoms with Crippen LogP contribution in [-0.2, 0) is 11.3 Å². The van der Waals surface area contributed by atoms with Gasteiger partial charge in [0.15, 0.2) is 11.9 Å². The van der Waals surface area contributed by atoms with Gasteiger partial charge in [-0.1, -0.05) is 30.3 Å². The van der Waals surface area contributed by atoms with Gasteiger partial charge in [0.25, 0.3) is 0 Å². The topological polar surface area (TPSA) is 58.9 Å².